The minimum atomic E-state index is -0.493. The highest BCUT2D eigenvalue weighted by molar-refractivity contribution is 5.96. The van der Waals surface area contributed by atoms with E-state index >= 15 is 0 Å². The monoisotopic (exact) mass is 411 g/mol. The summed E-state index contributed by atoms with van der Waals surface area (Å²) >= 11 is 0. The van der Waals surface area contributed by atoms with Crippen molar-refractivity contribution in [1.29, 1.82) is 0 Å². The molecule has 0 bridgehead atoms. The zero-order valence-corrected chi connectivity index (χ0v) is 17.7. The van der Waals surface area contributed by atoms with Crippen molar-refractivity contribution in [2.45, 2.75) is 39.8 Å². The fraction of sp³-hybridized carbons (Fsp3) is 0.391. The number of anilines is 1. The summed E-state index contributed by atoms with van der Waals surface area (Å²) < 4.78 is 11.5. The largest absolute Gasteiger partial charge is 0.490 e. The van der Waals surface area contributed by atoms with Gasteiger partial charge in [-0.15, -0.1) is 0 Å². The average Bonchev–Trinajstić information content (AvgIpc) is 2.74. The second-order valence-corrected chi connectivity index (χ2v) is 7.26. The Balaban J connectivity index is 1.69. The molecule has 160 valence electrons. The lowest BCUT2D eigenvalue weighted by atomic mass is 9.97. The highest BCUT2D eigenvalue weighted by Gasteiger charge is 2.27. The van der Waals surface area contributed by atoms with Gasteiger partial charge in [-0.05, 0) is 74.7 Å². The number of nitrogens with two attached hydrogens (primary N) is 1. The van der Waals surface area contributed by atoms with Gasteiger partial charge in [-0.2, -0.15) is 0 Å². The molecule has 0 spiro atoms. The zero-order valence-electron chi connectivity index (χ0n) is 17.7. The van der Waals surface area contributed by atoms with Gasteiger partial charge in [-0.1, -0.05) is 0 Å². The highest BCUT2D eigenvalue weighted by atomic mass is 16.5. The van der Waals surface area contributed by atoms with Crippen LogP contribution in [0, 0.1) is 0 Å². The molecule has 3 N–H and O–H groups in total. The molecule has 0 aliphatic carbocycles. The summed E-state index contributed by atoms with van der Waals surface area (Å²) in [7, 11) is 0. The zero-order chi connectivity index (χ0) is 21.7. The van der Waals surface area contributed by atoms with E-state index < -0.39 is 5.91 Å². The lowest BCUT2D eigenvalue weighted by Gasteiger charge is -2.33. The third kappa shape index (κ3) is 4.91. The minimum absolute atomic E-state index is 0.0961. The molecule has 1 aliphatic rings. The number of carbonyl (C=O) groups excluding carboxylic acids is 2. The van der Waals surface area contributed by atoms with Crippen LogP contribution in [0.4, 0.5) is 5.69 Å². The Morgan fingerprint density at radius 1 is 1.07 bits per heavy atom. The van der Waals surface area contributed by atoms with E-state index in [2.05, 4.69) is 16.3 Å². The second-order valence-electron chi connectivity index (χ2n) is 7.26. The number of hydrogen-bond donors (Lipinski definition) is 2. The second kappa shape index (κ2) is 9.63. The van der Waals surface area contributed by atoms with E-state index in [1.165, 1.54) is 5.56 Å². The lowest BCUT2D eigenvalue weighted by molar-refractivity contribution is -0.121. The first-order valence-electron chi connectivity index (χ1n) is 10.3. The molecule has 1 heterocycles. The van der Waals surface area contributed by atoms with Gasteiger partial charge in [0.15, 0.2) is 11.5 Å². The number of amides is 2. The Kier molecular flexibility index (Phi) is 6.95. The van der Waals surface area contributed by atoms with E-state index in [1.54, 1.807) is 24.3 Å². The predicted molar refractivity (Wildman–Crippen MR) is 116 cm³/mol. The maximum absolute atomic E-state index is 12.8. The summed E-state index contributed by atoms with van der Waals surface area (Å²) in [6, 6.07) is 10.3. The van der Waals surface area contributed by atoms with Crippen molar-refractivity contribution in [3.63, 3.8) is 0 Å². The van der Waals surface area contributed by atoms with Crippen molar-refractivity contribution in [1.82, 2.24) is 4.90 Å². The number of nitrogens with zero attached hydrogens (tertiary/aromatic N) is 1. The molecular formula is C23H29N3O4. The molecule has 0 radical (unpaired) electrons. The number of carbonyl (C=O) groups is 2. The van der Waals surface area contributed by atoms with Gasteiger partial charge in [0.2, 0.25) is 11.8 Å². The fourth-order valence-electron chi connectivity index (χ4n) is 3.58. The molecule has 2 aromatic rings. The topological polar surface area (TPSA) is 93.9 Å². The molecular weight excluding hydrogens is 382 g/mol. The van der Waals surface area contributed by atoms with Crippen LogP contribution in [-0.4, -0.2) is 42.5 Å². The average molecular weight is 412 g/mol. The van der Waals surface area contributed by atoms with E-state index in [-0.39, 0.29) is 11.9 Å². The fourth-order valence-corrected chi connectivity index (χ4v) is 3.58. The maximum atomic E-state index is 12.8. The number of ether oxygens (including phenoxy) is 2. The number of benzene rings is 2. The van der Waals surface area contributed by atoms with Crippen LogP contribution in [0.25, 0.3) is 0 Å². The van der Waals surface area contributed by atoms with Crippen LogP contribution < -0.4 is 20.5 Å². The molecule has 0 saturated heterocycles. The molecule has 3 rings (SSSR count). The number of primary amides is 1. The van der Waals surface area contributed by atoms with Gasteiger partial charge in [0, 0.05) is 24.3 Å². The Morgan fingerprint density at radius 2 is 1.67 bits per heavy atom. The Morgan fingerprint density at radius 3 is 2.23 bits per heavy atom. The Bertz CT molecular complexity index is 911. The van der Waals surface area contributed by atoms with Gasteiger partial charge >= 0.3 is 0 Å². The molecule has 2 amide bonds. The molecule has 0 aromatic heterocycles. The van der Waals surface area contributed by atoms with Crippen molar-refractivity contribution < 1.29 is 19.1 Å². The standard InChI is InChI=1S/C23H29N3O4/c1-4-29-20-12-17-10-11-26(14-18(17)13-21(20)30-5-2)15(3)23(28)25-19-8-6-16(7-9-19)22(24)27/h6-9,12-13,15H,4-5,10-11,14H2,1-3H3,(H2,24,27)(H,25,28)/t15-/m1/s1. The maximum Gasteiger partial charge on any atom is 0.248 e. The van der Waals surface area contributed by atoms with E-state index in [9.17, 15) is 9.59 Å². The molecule has 1 aliphatic heterocycles. The number of fused-ring (bicyclic) bond motifs is 1. The highest BCUT2D eigenvalue weighted by Crippen LogP contribution is 2.34. The normalized spacial score (nSPS) is 14.5. The smallest absolute Gasteiger partial charge is 0.248 e. The van der Waals surface area contributed by atoms with E-state index in [4.69, 9.17) is 15.2 Å². The first-order chi connectivity index (χ1) is 14.4. The van der Waals surface area contributed by atoms with E-state index in [0.717, 1.165) is 30.0 Å². The van der Waals surface area contributed by atoms with Gasteiger partial charge in [-0.25, -0.2) is 0 Å². The first-order valence-corrected chi connectivity index (χ1v) is 10.3. The van der Waals surface area contributed by atoms with Crippen molar-refractivity contribution in [3.8, 4) is 11.5 Å². The van der Waals surface area contributed by atoms with Gasteiger partial charge in [0.25, 0.3) is 0 Å². The molecule has 7 nitrogen and oxygen atoms in total. The van der Waals surface area contributed by atoms with Crippen LogP contribution in [0.15, 0.2) is 36.4 Å². The van der Waals surface area contributed by atoms with Crippen LogP contribution in [0.3, 0.4) is 0 Å². The third-order valence-electron chi connectivity index (χ3n) is 5.27. The summed E-state index contributed by atoms with van der Waals surface area (Å²) in [5.74, 6) is 0.928. The Labute approximate surface area is 177 Å². The van der Waals surface area contributed by atoms with Crippen molar-refractivity contribution >= 4 is 17.5 Å². The van der Waals surface area contributed by atoms with Crippen LogP contribution in [0.5, 0.6) is 11.5 Å². The first kappa shape index (κ1) is 21.6. The molecule has 2 aromatic carbocycles. The minimum Gasteiger partial charge on any atom is -0.490 e. The summed E-state index contributed by atoms with van der Waals surface area (Å²) in [4.78, 5) is 26.1. The molecule has 1 atom stereocenters. The van der Waals surface area contributed by atoms with Crippen LogP contribution in [-0.2, 0) is 17.8 Å². The van der Waals surface area contributed by atoms with Gasteiger partial charge in [0.05, 0.1) is 19.3 Å². The summed E-state index contributed by atoms with van der Waals surface area (Å²) in [5, 5.41) is 2.91. The van der Waals surface area contributed by atoms with Crippen LogP contribution in [0.2, 0.25) is 0 Å². The summed E-state index contributed by atoms with van der Waals surface area (Å²) in [5.41, 5.74) is 8.68. The Hall–Kier alpha value is -3.06. The molecule has 0 fully saturated rings. The number of hydrogen-bond acceptors (Lipinski definition) is 5. The van der Waals surface area contributed by atoms with Gasteiger partial charge in [0.1, 0.15) is 0 Å². The van der Waals surface area contributed by atoms with E-state index in [1.807, 2.05) is 26.8 Å². The van der Waals surface area contributed by atoms with Crippen molar-refractivity contribution in [3.05, 3.63) is 53.1 Å². The lowest BCUT2D eigenvalue weighted by Crippen LogP contribution is -2.44. The summed E-state index contributed by atoms with van der Waals surface area (Å²) in [6.45, 7) is 8.40. The summed E-state index contributed by atoms with van der Waals surface area (Å²) in [6.07, 6.45) is 0.840. The van der Waals surface area contributed by atoms with E-state index in [0.29, 0.717) is 31.0 Å². The SMILES string of the molecule is CCOc1cc2c(cc1OCC)CN([C@H](C)C(=O)Nc1ccc(C(N)=O)cc1)CC2. The van der Waals surface area contributed by atoms with Crippen molar-refractivity contribution in [2.75, 3.05) is 25.1 Å². The van der Waals surface area contributed by atoms with Gasteiger partial charge in [-0.3, -0.25) is 14.5 Å². The third-order valence-corrected chi connectivity index (χ3v) is 5.27. The number of rotatable bonds is 8. The van der Waals surface area contributed by atoms with Crippen molar-refractivity contribution in [2.24, 2.45) is 5.73 Å². The quantitative estimate of drug-likeness (QED) is 0.697. The van der Waals surface area contributed by atoms with Crippen LogP contribution in [0.1, 0.15) is 42.3 Å². The molecule has 0 saturated carbocycles. The van der Waals surface area contributed by atoms with Crippen LogP contribution >= 0.6 is 0 Å². The van der Waals surface area contributed by atoms with Gasteiger partial charge < -0.3 is 20.5 Å². The number of nitrogens with one attached hydrogen (secondary N) is 1. The molecule has 7 heteroatoms. The predicted octanol–water partition coefficient (Wildman–Crippen LogP) is 2.97. The molecule has 0 unspecified atom stereocenters. The molecule has 30 heavy (non-hydrogen) atoms.